The molecule has 0 spiro atoms. The fraction of sp³-hybridized carbons (Fsp3) is 0.846. The van der Waals surface area contributed by atoms with E-state index in [0.29, 0.717) is 32.5 Å². The van der Waals surface area contributed by atoms with E-state index >= 15 is 0 Å². The van der Waals surface area contributed by atoms with E-state index in [1.807, 2.05) is 20.8 Å². The number of carbonyl (C=O) groups excluding carboxylic acids is 2. The van der Waals surface area contributed by atoms with Crippen molar-refractivity contribution in [3.05, 3.63) is 0 Å². The lowest BCUT2D eigenvalue weighted by atomic mass is 10.4. The molecule has 0 aromatic heterocycles. The molecule has 0 aromatic rings. The number of aliphatic hydroxyl groups excluding tert-OH is 1. The van der Waals surface area contributed by atoms with Crippen molar-refractivity contribution < 1.29 is 14.7 Å². The lowest BCUT2D eigenvalue weighted by molar-refractivity contribution is -0.121. The highest BCUT2D eigenvalue weighted by molar-refractivity contribution is 8.76. The van der Waals surface area contributed by atoms with Gasteiger partial charge in [-0.1, -0.05) is 42.4 Å². The van der Waals surface area contributed by atoms with Crippen LogP contribution in [0.25, 0.3) is 0 Å². The summed E-state index contributed by atoms with van der Waals surface area (Å²) < 4.78 is 0. The zero-order valence-corrected chi connectivity index (χ0v) is 14.4. The SMILES string of the molecule is CCC(=O)NCCSSCCNC(=O)CC.CCCO. The maximum atomic E-state index is 10.9. The second kappa shape index (κ2) is 18.6. The molecule has 0 unspecified atom stereocenters. The van der Waals surface area contributed by atoms with Crippen molar-refractivity contribution in [2.24, 2.45) is 0 Å². The van der Waals surface area contributed by atoms with Crippen molar-refractivity contribution in [1.82, 2.24) is 10.6 Å². The third-order valence-electron chi connectivity index (χ3n) is 1.96. The highest BCUT2D eigenvalue weighted by Crippen LogP contribution is 2.19. The number of nitrogens with one attached hydrogen (secondary N) is 2. The minimum Gasteiger partial charge on any atom is -0.396 e. The molecule has 3 N–H and O–H groups in total. The van der Waals surface area contributed by atoms with E-state index in [1.165, 1.54) is 0 Å². The first-order valence-electron chi connectivity index (χ1n) is 7.00. The molecular formula is C13H28N2O3S2. The number of hydrogen-bond acceptors (Lipinski definition) is 5. The molecule has 0 saturated heterocycles. The van der Waals surface area contributed by atoms with Gasteiger partial charge in [0.2, 0.25) is 11.8 Å². The van der Waals surface area contributed by atoms with Crippen LogP contribution in [0, 0.1) is 0 Å². The largest absolute Gasteiger partial charge is 0.396 e. The van der Waals surface area contributed by atoms with Crippen molar-refractivity contribution in [1.29, 1.82) is 0 Å². The van der Waals surface area contributed by atoms with Gasteiger partial charge in [0.05, 0.1) is 0 Å². The Balaban J connectivity index is 0. The fourth-order valence-electron chi connectivity index (χ4n) is 0.832. The van der Waals surface area contributed by atoms with E-state index in [9.17, 15) is 9.59 Å². The molecule has 0 heterocycles. The molecule has 0 radical (unpaired) electrons. The van der Waals surface area contributed by atoms with E-state index < -0.39 is 0 Å². The van der Waals surface area contributed by atoms with Gasteiger partial charge < -0.3 is 15.7 Å². The van der Waals surface area contributed by atoms with Crippen molar-refractivity contribution in [3.63, 3.8) is 0 Å². The lowest BCUT2D eigenvalue weighted by Gasteiger charge is -2.04. The molecule has 5 nitrogen and oxygen atoms in total. The summed E-state index contributed by atoms with van der Waals surface area (Å²) in [6, 6.07) is 0. The molecule has 7 heteroatoms. The van der Waals surface area contributed by atoms with E-state index in [1.54, 1.807) is 21.6 Å². The minimum absolute atomic E-state index is 0.0980. The van der Waals surface area contributed by atoms with E-state index in [-0.39, 0.29) is 11.8 Å². The van der Waals surface area contributed by atoms with Crippen LogP contribution in [0.4, 0.5) is 0 Å². The normalized spacial score (nSPS) is 9.40. The molecule has 0 fully saturated rings. The van der Waals surface area contributed by atoms with Crippen molar-refractivity contribution >= 4 is 33.4 Å². The van der Waals surface area contributed by atoms with Gasteiger partial charge in [0.15, 0.2) is 0 Å². The molecule has 0 bridgehead atoms. The van der Waals surface area contributed by atoms with Gasteiger partial charge in [-0.2, -0.15) is 0 Å². The highest BCUT2D eigenvalue weighted by atomic mass is 33.1. The van der Waals surface area contributed by atoms with Crippen molar-refractivity contribution in [2.45, 2.75) is 40.0 Å². The van der Waals surface area contributed by atoms with Crippen LogP contribution in [0.1, 0.15) is 40.0 Å². The molecular weight excluding hydrogens is 296 g/mol. The predicted octanol–water partition coefficient (Wildman–Crippen LogP) is 1.81. The summed E-state index contributed by atoms with van der Waals surface area (Å²) in [5.74, 6) is 2.00. The number of amides is 2. The van der Waals surface area contributed by atoms with Gasteiger partial charge in [0.25, 0.3) is 0 Å². The summed E-state index contributed by atoms with van der Waals surface area (Å²) in [4.78, 5) is 21.8. The molecule has 0 aliphatic rings. The zero-order valence-electron chi connectivity index (χ0n) is 12.7. The minimum atomic E-state index is 0.0980. The number of hydrogen-bond donors (Lipinski definition) is 3. The molecule has 2 amide bonds. The van der Waals surface area contributed by atoms with E-state index in [4.69, 9.17) is 5.11 Å². The van der Waals surface area contributed by atoms with Crippen molar-refractivity contribution in [3.8, 4) is 0 Å². The van der Waals surface area contributed by atoms with Gasteiger partial charge >= 0.3 is 0 Å². The van der Waals surface area contributed by atoms with Crippen LogP contribution in [-0.4, -0.2) is 48.1 Å². The monoisotopic (exact) mass is 324 g/mol. The smallest absolute Gasteiger partial charge is 0.219 e. The molecule has 20 heavy (non-hydrogen) atoms. The fourth-order valence-corrected chi connectivity index (χ4v) is 2.65. The average molecular weight is 325 g/mol. The Labute approximate surface area is 130 Å². The third kappa shape index (κ3) is 19.9. The second-order valence-electron chi connectivity index (χ2n) is 3.77. The Bertz CT molecular complexity index is 218. The quantitative estimate of drug-likeness (QED) is 0.422. The first-order chi connectivity index (χ1) is 9.62. The Hall–Kier alpha value is -0.400. The Morgan fingerprint density at radius 1 is 0.900 bits per heavy atom. The van der Waals surface area contributed by atoms with Gasteiger partial charge in [0, 0.05) is 44.0 Å². The van der Waals surface area contributed by atoms with Gasteiger partial charge in [-0.25, -0.2) is 0 Å². The molecule has 0 aliphatic carbocycles. The van der Waals surface area contributed by atoms with Crippen LogP contribution in [0.2, 0.25) is 0 Å². The summed E-state index contributed by atoms with van der Waals surface area (Å²) in [7, 11) is 3.43. The second-order valence-corrected chi connectivity index (χ2v) is 6.48. The number of carbonyl (C=O) groups is 2. The lowest BCUT2D eigenvalue weighted by Crippen LogP contribution is -2.25. The van der Waals surface area contributed by atoms with E-state index in [2.05, 4.69) is 10.6 Å². The summed E-state index contributed by atoms with van der Waals surface area (Å²) in [5.41, 5.74) is 0. The molecule has 120 valence electrons. The Kier molecular flexibility index (Phi) is 20.4. The van der Waals surface area contributed by atoms with E-state index in [0.717, 1.165) is 17.9 Å². The van der Waals surface area contributed by atoms with Crippen LogP contribution in [0.3, 0.4) is 0 Å². The standard InChI is InChI=1S/C10H20N2O2S2.C3H8O/c1-3-9(13)11-5-7-15-16-8-6-12-10(14)4-2;1-2-3-4/h3-8H2,1-2H3,(H,11,13)(H,12,14);4H,2-3H2,1H3. The first-order valence-corrected chi connectivity index (χ1v) is 9.49. The first kappa shape index (κ1) is 21.9. The molecule has 0 saturated carbocycles. The summed E-state index contributed by atoms with van der Waals surface area (Å²) in [5, 5.41) is 13.5. The van der Waals surface area contributed by atoms with Gasteiger partial charge in [-0.05, 0) is 6.42 Å². The molecule has 0 aromatic carbocycles. The summed E-state index contributed by atoms with van der Waals surface area (Å²) in [6.07, 6.45) is 1.96. The highest BCUT2D eigenvalue weighted by Gasteiger charge is 1.97. The van der Waals surface area contributed by atoms with Gasteiger partial charge in [-0.3, -0.25) is 9.59 Å². The van der Waals surface area contributed by atoms with Crippen LogP contribution in [-0.2, 0) is 9.59 Å². The Morgan fingerprint density at radius 2 is 1.25 bits per heavy atom. The zero-order chi connectivity index (χ0) is 15.6. The predicted molar refractivity (Wildman–Crippen MR) is 88.9 cm³/mol. The number of aliphatic hydroxyl groups is 1. The van der Waals surface area contributed by atoms with Gasteiger partial charge in [-0.15, -0.1) is 0 Å². The molecule has 0 rings (SSSR count). The average Bonchev–Trinajstić information content (AvgIpc) is 2.49. The summed E-state index contributed by atoms with van der Waals surface area (Å²) in [6.45, 7) is 7.36. The maximum absolute atomic E-state index is 10.9. The van der Waals surface area contributed by atoms with Crippen LogP contribution < -0.4 is 10.6 Å². The topological polar surface area (TPSA) is 78.4 Å². The third-order valence-corrected chi connectivity index (χ3v) is 4.37. The summed E-state index contributed by atoms with van der Waals surface area (Å²) >= 11 is 0. The number of rotatable bonds is 10. The van der Waals surface area contributed by atoms with Crippen LogP contribution >= 0.6 is 21.6 Å². The van der Waals surface area contributed by atoms with Crippen molar-refractivity contribution in [2.75, 3.05) is 31.2 Å². The molecule has 0 aliphatic heterocycles. The van der Waals surface area contributed by atoms with Gasteiger partial charge in [0.1, 0.15) is 0 Å². The molecule has 0 atom stereocenters. The van der Waals surface area contributed by atoms with Crippen LogP contribution in [0.5, 0.6) is 0 Å². The van der Waals surface area contributed by atoms with Crippen LogP contribution in [0.15, 0.2) is 0 Å². The maximum Gasteiger partial charge on any atom is 0.219 e. The Morgan fingerprint density at radius 3 is 1.50 bits per heavy atom.